The zero-order valence-corrected chi connectivity index (χ0v) is 11.3. The van der Waals surface area contributed by atoms with Crippen molar-refractivity contribution in [1.29, 1.82) is 0 Å². The first-order valence-corrected chi connectivity index (χ1v) is 6.89. The van der Waals surface area contributed by atoms with Crippen LogP contribution in [0.2, 0.25) is 5.15 Å². The van der Waals surface area contributed by atoms with E-state index in [9.17, 15) is 0 Å². The molecule has 3 heterocycles. The average molecular weight is 265 g/mol. The molecule has 1 aliphatic heterocycles. The lowest BCUT2D eigenvalue weighted by atomic mass is 9.96. The highest BCUT2D eigenvalue weighted by Gasteiger charge is 2.24. The van der Waals surface area contributed by atoms with Gasteiger partial charge in [-0.2, -0.15) is 0 Å². The number of hydrogen-bond donors (Lipinski definition) is 0. The molecule has 0 radical (unpaired) electrons. The highest BCUT2D eigenvalue weighted by atomic mass is 35.5. The molecule has 3 rings (SSSR count). The first kappa shape index (κ1) is 11.9. The Balaban J connectivity index is 1.91. The van der Waals surface area contributed by atoms with Crippen LogP contribution in [-0.2, 0) is 0 Å². The minimum absolute atomic E-state index is 0.475. The number of likely N-dealkylation sites (tertiary alicyclic amines) is 1. The maximum atomic E-state index is 6.25. The van der Waals surface area contributed by atoms with E-state index in [4.69, 9.17) is 11.6 Å². The van der Waals surface area contributed by atoms with Crippen LogP contribution in [0.25, 0.3) is 5.65 Å². The topological polar surface area (TPSA) is 33.4 Å². The first-order chi connectivity index (χ1) is 8.79. The van der Waals surface area contributed by atoms with Crippen LogP contribution in [0.5, 0.6) is 0 Å². The van der Waals surface area contributed by atoms with Crippen molar-refractivity contribution in [3.05, 3.63) is 29.2 Å². The maximum absolute atomic E-state index is 6.25. The van der Waals surface area contributed by atoms with E-state index >= 15 is 0 Å². The minimum atomic E-state index is 0.475. The van der Waals surface area contributed by atoms with Gasteiger partial charge in [0, 0.05) is 5.92 Å². The van der Waals surface area contributed by atoms with Crippen molar-refractivity contribution in [3.63, 3.8) is 0 Å². The van der Waals surface area contributed by atoms with Crippen molar-refractivity contribution >= 4 is 17.2 Å². The second-order valence-corrected chi connectivity index (χ2v) is 5.20. The summed E-state index contributed by atoms with van der Waals surface area (Å²) in [6.07, 6.45) is 2.28. The fourth-order valence-electron chi connectivity index (χ4n) is 2.70. The second-order valence-electron chi connectivity index (χ2n) is 4.81. The highest BCUT2D eigenvalue weighted by molar-refractivity contribution is 6.29. The number of nitrogens with zero attached hydrogens (tertiary/aromatic N) is 4. The van der Waals surface area contributed by atoms with Gasteiger partial charge in [0.05, 0.1) is 0 Å². The molecule has 0 aromatic carbocycles. The van der Waals surface area contributed by atoms with Crippen LogP contribution in [-0.4, -0.2) is 39.1 Å². The molecule has 4 nitrogen and oxygen atoms in total. The molecule has 96 valence electrons. The van der Waals surface area contributed by atoms with Gasteiger partial charge in [-0.1, -0.05) is 24.6 Å². The summed E-state index contributed by atoms with van der Waals surface area (Å²) in [4.78, 5) is 2.47. The monoisotopic (exact) mass is 264 g/mol. The summed E-state index contributed by atoms with van der Waals surface area (Å²) in [6.45, 7) is 5.62. The Hall–Kier alpha value is -1.13. The van der Waals surface area contributed by atoms with Crippen LogP contribution in [0.3, 0.4) is 0 Å². The third kappa shape index (κ3) is 1.99. The van der Waals surface area contributed by atoms with Gasteiger partial charge in [-0.05, 0) is 44.6 Å². The van der Waals surface area contributed by atoms with E-state index in [1.807, 2.05) is 22.6 Å². The normalized spacial score (nSPS) is 18.6. The van der Waals surface area contributed by atoms with Crippen LogP contribution in [0.1, 0.15) is 31.5 Å². The third-order valence-corrected chi connectivity index (χ3v) is 4.10. The third-order valence-electron chi connectivity index (χ3n) is 3.81. The van der Waals surface area contributed by atoms with Gasteiger partial charge in [-0.3, -0.25) is 4.40 Å². The van der Waals surface area contributed by atoms with E-state index in [0.29, 0.717) is 11.1 Å². The fraction of sp³-hybridized carbons (Fsp3) is 0.538. The lowest BCUT2D eigenvalue weighted by Gasteiger charge is -2.30. The lowest BCUT2D eigenvalue weighted by Crippen LogP contribution is -2.33. The highest BCUT2D eigenvalue weighted by Crippen LogP contribution is 2.28. The molecule has 2 aromatic heterocycles. The fourth-order valence-corrected chi connectivity index (χ4v) is 2.94. The Morgan fingerprint density at radius 3 is 2.78 bits per heavy atom. The number of rotatable bonds is 2. The molecule has 0 bridgehead atoms. The molecule has 0 N–H and O–H groups in total. The van der Waals surface area contributed by atoms with Crippen molar-refractivity contribution in [2.24, 2.45) is 0 Å². The molecule has 0 saturated carbocycles. The molecule has 1 aliphatic rings. The Bertz CT molecular complexity index is 543. The Morgan fingerprint density at radius 2 is 2.06 bits per heavy atom. The summed E-state index contributed by atoms with van der Waals surface area (Å²) >= 11 is 6.25. The van der Waals surface area contributed by atoms with Crippen molar-refractivity contribution in [1.82, 2.24) is 19.5 Å². The molecule has 18 heavy (non-hydrogen) atoms. The second kappa shape index (κ2) is 4.86. The summed E-state index contributed by atoms with van der Waals surface area (Å²) in [7, 11) is 0. The largest absolute Gasteiger partial charge is 0.304 e. The van der Waals surface area contributed by atoms with Crippen LogP contribution >= 0.6 is 11.6 Å². The van der Waals surface area contributed by atoms with Gasteiger partial charge in [-0.25, -0.2) is 0 Å². The molecule has 0 atom stereocenters. The van der Waals surface area contributed by atoms with Crippen molar-refractivity contribution in [2.45, 2.75) is 25.7 Å². The zero-order chi connectivity index (χ0) is 12.5. The van der Waals surface area contributed by atoms with Gasteiger partial charge in [0.25, 0.3) is 0 Å². The van der Waals surface area contributed by atoms with E-state index < -0.39 is 0 Å². The van der Waals surface area contributed by atoms with E-state index in [-0.39, 0.29) is 0 Å². The molecule has 0 spiro atoms. The van der Waals surface area contributed by atoms with Gasteiger partial charge in [0.15, 0.2) is 5.65 Å². The minimum Gasteiger partial charge on any atom is -0.304 e. The standard InChI is InChI=1S/C13H17ClN4/c1-2-17-8-6-10(7-9-17)13-16-15-12-5-3-4-11(14)18(12)13/h3-5,10H,2,6-9H2,1H3. The molecule has 0 aliphatic carbocycles. The number of aromatic nitrogens is 3. The van der Waals surface area contributed by atoms with E-state index in [2.05, 4.69) is 22.0 Å². The summed E-state index contributed by atoms with van der Waals surface area (Å²) in [5, 5.41) is 9.25. The quantitative estimate of drug-likeness (QED) is 0.782. The number of piperidine rings is 1. The number of pyridine rings is 1. The Labute approximate surface area is 112 Å². The van der Waals surface area contributed by atoms with Gasteiger partial charge in [-0.15, -0.1) is 10.2 Å². The summed E-state index contributed by atoms with van der Waals surface area (Å²) in [5.41, 5.74) is 0.843. The van der Waals surface area contributed by atoms with E-state index in [1.165, 1.54) is 0 Å². The predicted molar refractivity (Wildman–Crippen MR) is 72.1 cm³/mol. The van der Waals surface area contributed by atoms with Crippen LogP contribution < -0.4 is 0 Å². The Kier molecular flexibility index (Phi) is 3.22. The van der Waals surface area contributed by atoms with Gasteiger partial charge in [0.1, 0.15) is 11.0 Å². The van der Waals surface area contributed by atoms with Gasteiger partial charge in [0.2, 0.25) is 0 Å². The smallest absolute Gasteiger partial charge is 0.161 e. The SMILES string of the molecule is CCN1CCC(c2nnc3cccc(Cl)n23)CC1. The number of fused-ring (bicyclic) bond motifs is 1. The molecular weight excluding hydrogens is 248 g/mol. The van der Waals surface area contributed by atoms with Crippen LogP contribution in [0, 0.1) is 0 Å². The zero-order valence-electron chi connectivity index (χ0n) is 10.5. The van der Waals surface area contributed by atoms with Crippen LogP contribution in [0.15, 0.2) is 18.2 Å². The van der Waals surface area contributed by atoms with E-state index in [1.54, 1.807) is 0 Å². The lowest BCUT2D eigenvalue weighted by molar-refractivity contribution is 0.218. The summed E-state index contributed by atoms with van der Waals surface area (Å²) < 4.78 is 1.98. The molecule has 2 aromatic rings. The molecule has 1 saturated heterocycles. The van der Waals surface area contributed by atoms with Crippen molar-refractivity contribution in [2.75, 3.05) is 19.6 Å². The van der Waals surface area contributed by atoms with Gasteiger partial charge < -0.3 is 4.90 Å². The average Bonchev–Trinajstić information content (AvgIpc) is 2.84. The molecule has 5 heteroatoms. The van der Waals surface area contributed by atoms with Gasteiger partial charge >= 0.3 is 0 Å². The molecule has 0 amide bonds. The van der Waals surface area contributed by atoms with E-state index in [0.717, 1.165) is 43.9 Å². The maximum Gasteiger partial charge on any atom is 0.161 e. The summed E-state index contributed by atoms with van der Waals surface area (Å²) in [6, 6.07) is 5.75. The predicted octanol–water partition coefficient (Wildman–Crippen LogP) is 2.58. The first-order valence-electron chi connectivity index (χ1n) is 6.51. The molecular formula is C13H17ClN4. The molecule has 0 unspecified atom stereocenters. The molecule has 1 fully saturated rings. The summed E-state index contributed by atoms with van der Waals surface area (Å²) in [5.74, 6) is 1.49. The van der Waals surface area contributed by atoms with Crippen LogP contribution in [0.4, 0.5) is 0 Å². The Morgan fingerprint density at radius 1 is 1.28 bits per heavy atom. The number of hydrogen-bond acceptors (Lipinski definition) is 3. The van der Waals surface area contributed by atoms with Crippen molar-refractivity contribution in [3.8, 4) is 0 Å². The van der Waals surface area contributed by atoms with Crippen molar-refractivity contribution < 1.29 is 0 Å². The number of halogens is 1.